The predicted molar refractivity (Wildman–Crippen MR) is 77.2 cm³/mol. The lowest BCUT2D eigenvalue weighted by atomic mass is 10.1. The molecule has 3 nitrogen and oxygen atoms in total. The number of phenols is 1. The van der Waals surface area contributed by atoms with Gasteiger partial charge in [-0.1, -0.05) is 6.07 Å². The van der Waals surface area contributed by atoms with E-state index < -0.39 is 0 Å². The van der Waals surface area contributed by atoms with Gasteiger partial charge in [0.1, 0.15) is 17.4 Å². The van der Waals surface area contributed by atoms with Gasteiger partial charge in [-0.05, 0) is 49.7 Å². The number of aryl methyl sites for hydroxylation is 2. The zero-order valence-corrected chi connectivity index (χ0v) is 11.4. The topological polar surface area (TPSA) is 38.0 Å². The summed E-state index contributed by atoms with van der Waals surface area (Å²) < 4.78 is 15.3. The molecule has 0 radical (unpaired) electrons. The van der Waals surface area contributed by atoms with Crippen LogP contribution in [0.25, 0.3) is 22.4 Å². The van der Waals surface area contributed by atoms with Crippen LogP contribution in [0.3, 0.4) is 0 Å². The highest BCUT2D eigenvalue weighted by atomic mass is 19.1. The standard InChI is InChI=1S/C16H15FN2O/c1-3-19-14-9-11(17)5-7-13(14)18-16(19)12-6-4-10(2)8-15(12)20/h4-9,20H,3H2,1-2H3. The molecule has 1 aromatic heterocycles. The van der Waals surface area contributed by atoms with E-state index in [2.05, 4.69) is 4.98 Å². The number of hydrogen-bond acceptors (Lipinski definition) is 2. The molecule has 0 fully saturated rings. The minimum absolute atomic E-state index is 0.190. The average molecular weight is 270 g/mol. The molecule has 0 spiro atoms. The van der Waals surface area contributed by atoms with Gasteiger partial charge in [0.25, 0.3) is 0 Å². The van der Waals surface area contributed by atoms with E-state index in [0.717, 1.165) is 16.6 Å². The summed E-state index contributed by atoms with van der Waals surface area (Å²) in [7, 11) is 0. The molecule has 20 heavy (non-hydrogen) atoms. The quantitative estimate of drug-likeness (QED) is 0.767. The summed E-state index contributed by atoms with van der Waals surface area (Å²) in [6, 6.07) is 10.00. The van der Waals surface area contributed by atoms with Gasteiger partial charge in [0.2, 0.25) is 0 Å². The van der Waals surface area contributed by atoms with Crippen LogP contribution in [0.5, 0.6) is 5.75 Å². The maximum absolute atomic E-state index is 13.4. The molecule has 0 saturated carbocycles. The number of aromatic hydroxyl groups is 1. The van der Waals surface area contributed by atoms with E-state index in [1.54, 1.807) is 12.1 Å². The molecule has 1 heterocycles. The predicted octanol–water partition coefficient (Wildman–Crippen LogP) is 3.88. The third-order valence-electron chi connectivity index (χ3n) is 3.42. The van der Waals surface area contributed by atoms with E-state index in [4.69, 9.17) is 0 Å². The van der Waals surface area contributed by atoms with Crippen LogP contribution < -0.4 is 0 Å². The number of halogens is 1. The van der Waals surface area contributed by atoms with Crippen LogP contribution in [-0.2, 0) is 6.54 Å². The van der Waals surface area contributed by atoms with Gasteiger partial charge in [-0.15, -0.1) is 0 Å². The van der Waals surface area contributed by atoms with Crippen LogP contribution >= 0.6 is 0 Å². The highest BCUT2D eigenvalue weighted by molar-refractivity contribution is 5.82. The number of aromatic nitrogens is 2. The minimum Gasteiger partial charge on any atom is -0.507 e. The molecule has 4 heteroatoms. The Kier molecular flexibility index (Phi) is 2.93. The Labute approximate surface area is 116 Å². The zero-order valence-electron chi connectivity index (χ0n) is 11.4. The monoisotopic (exact) mass is 270 g/mol. The largest absolute Gasteiger partial charge is 0.507 e. The number of rotatable bonds is 2. The highest BCUT2D eigenvalue weighted by Gasteiger charge is 2.15. The van der Waals surface area contributed by atoms with Crippen LogP contribution in [0.1, 0.15) is 12.5 Å². The van der Waals surface area contributed by atoms with Crippen molar-refractivity contribution in [2.24, 2.45) is 0 Å². The van der Waals surface area contributed by atoms with Gasteiger partial charge in [0, 0.05) is 6.54 Å². The van der Waals surface area contributed by atoms with E-state index in [1.165, 1.54) is 12.1 Å². The number of fused-ring (bicyclic) bond motifs is 1. The van der Waals surface area contributed by atoms with Crippen molar-refractivity contribution in [1.29, 1.82) is 0 Å². The molecule has 2 aromatic carbocycles. The molecule has 0 aliphatic carbocycles. The van der Waals surface area contributed by atoms with Crippen molar-refractivity contribution in [3.8, 4) is 17.1 Å². The van der Waals surface area contributed by atoms with E-state index >= 15 is 0 Å². The summed E-state index contributed by atoms with van der Waals surface area (Å²) in [5, 5.41) is 10.1. The van der Waals surface area contributed by atoms with Gasteiger partial charge >= 0.3 is 0 Å². The van der Waals surface area contributed by atoms with Crippen LogP contribution in [0.4, 0.5) is 4.39 Å². The Morgan fingerprint density at radius 1 is 1.20 bits per heavy atom. The molecule has 0 aliphatic heterocycles. The molecule has 3 aromatic rings. The molecule has 3 rings (SSSR count). The van der Waals surface area contributed by atoms with Gasteiger partial charge < -0.3 is 9.67 Å². The van der Waals surface area contributed by atoms with Gasteiger partial charge in [0.05, 0.1) is 16.6 Å². The molecule has 1 N–H and O–H groups in total. The second-order valence-electron chi connectivity index (χ2n) is 4.83. The molecule has 0 unspecified atom stereocenters. The number of benzene rings is 2. The lowest BCUT2D eigenvalue weighted by Gasteiger charge is -2.08. The Balaban J connectivity index is 2.30. The Morgan fingerprint density at radius 3 is 2.70 bits per heavy atom. The third kappa shape index (κ3) is 1.93. The molecule has 0 aliphatic rings. The fourth-order valence-electron chi connectivity index (χ4n) is 2.45. The maximum atomic E-state index is 13.4. The van der Waals surface area contributed by atoms with E-state index in [1.807, 2.05) is 30.5 Å². The van der Waals surface area contributed by atoms with Crippen molar-refractivity contribution < 1.29 is 9.50 Å². The smallest absolute Gasteiger partial charge is 0.144 e. The van der Waals surface area contributed by atoms with Gasteiger partial charge in [-0.3, -0.25) is 0 Å². The normalized spacial score (nSPS) is 11.2. The van der Waals surface area contributed by atoms with Crippen molar-refractivity contribution in [1.82, 2.24) is 9.55 Å². The fraction of sp³-hybridized carbons (Fsp3) is 0.188. The SMILES string of the molecule is CCn1c(-c2ccc(C)cc2O)nc2ccc(F)cc21. The molecule has 0 bridgehead atoms. The summed E-state index contributed by atoms with van der Waals surface area (Å²) in [6.45, 7) is 4.55. The summed E-state index contributed by atoms with van der Waals surface area (Å²) in [5.74, 6) is 0.563. The van der Waals surface area contributed by atoms with E-state index in [0.29, 0.717) is 17.9 Å². The Morgan fingerprint density at radius 2 is 2.00 bits per heavy atom. The molecule has 0 saturated heterocycles. The molecular weight excluding hydrogens is 255 g/mol. The van der Waals surface area contributed by atoms with Crippen LogP contribution in [0.15, 0.2) is 36.4 Å². The molecule has 102 valence electrons. The first-order chi connectivity index (χ1) is 9.60. The minimum atomic E-state index is -0.285. The van der Waals surface area contributed by atoms with Crippen molar-refractivity contribution in [2.45, 2.75) is 20.4 Å². The van der Waals surface area contributed by atoms with Crippen molar-refractivity contribution >= 4 is 11.0 Å². The van der Waals surface area contributed by atoms with E-state index in [-0.39, 0.29) is 11.6 Å². The molecular formula is C16H15FN2O. The van der Waals surface area contributed by atoms with Crippen molar-refractivity contribution in [2.75, 3.05) is 0 Å². The first kappa shape index (κ1) is 12.7. The highest BCUT2D eigenvalue weighted by Crippen LogP contribution is 2.32. The lowest BCUT2D eigenvalue weighted by molar-refractivity contribution is 0.476. The summed E-state index contributed by atoms with van der Waals surface area (Å²) in [6.07, 6.45) is 0. The summed E-state index contributed by atoms with van der Waals surface area (Å²) >= 11 is 0. The third-order valence-corrected chi connectivity index (χ3v) is 3.42. The number of hydrogen-bond donors (Lipinski definition) is 1. The second kappa shape index (κ2) is 4.63. The van der Waals surface area contributed by atoms with Crippen LogP contribution in [-0.4, -0.2) is 14.7 Å². The number of nitrogens with zero attached hydrogens (tertiary/aromatic N) is 2. The van der Waals surface area contributed by atoms with Crippen LogP contribution in [0.2, 0.25) is 0 Å². The molecule has 0 atom stereocenters. The summed E-state index contributed by atoms with van der Waals surface area (Å²) in [4.78, 5) is 4.52. The van der Waals surface area contributed by atoms with Gasteiger partial charge in [-0.2, -0.15) is 0 Å². The lowest BCUT2D eigenvalue weighted by Crippen LogP contribution is -1.98. The summed E-state index contributed by atoms with van der Waals surface area (Å²) in [5.41, 5.74) is 3.11. The first-order valence-electron chi connectivity index (χ1n) is 6.56. The van der Waals surface area contributed by atoms with E-state index in [9.17, 15) is 9.50 Å². The number of phenolic OH excluding ortho intramolecular Hbond substituents is 1. The Bertz CT molecular complexity index is 793. The fourth-order valence-corrected chi connectivity index (χ4v) is 2.45. The van der Waals surface area contributed by atoms with Crippen molar-refractivity contribution in [3.63, 3.8) is 0 Å². The Hall–Kier alpha value is -2.36. The first-order valence-corrected chi connectivity index (χ1v) is 6.56. The second-order valence-corrected chi connectivity index (χ2v) is 4.83. The maximum Gasteiger partial charge on any atom is 0.144 e. The van der Waals surface area contributed by atoms with Crippen LogP contribution in [0, 0.1) is 12.7 Å². The van der Waals surface area contributed by atoms with Crippen molar-refractivity contribution in [3.05, 3.63) is 47.8 Å². The number of imidazole rings is 1. The zero-order chi connectivity index (χ0) is 14.3. The van der Waals surface area contributed by atoms with Gasteiger partial charge in [-0.25, -0.2) is 9.37 Å². The average Bonchev–Trinajstić information content (AvgIpc) is 2.76. The van der Waals surface area contributed by atoms with Gasteiger partial charge in [0.15, 0.2) is 0 Å². The molecule has 0 amide bonds.